The quantitative estimate of drug-likeness (QED) is 0.338. The normalized spacial score (nSPS) is 14.1. The predicted octanol–water partition coefficient (Wildman–Crippen LogP) is 5.71. The largest absolute Gasteiger partial charge is 0.296 e. The molecule has 0 unspecified atom stereocenters. The lowest BCUT2D eigenvalue weighted by Gasteiger charge is -2.11. The van der Waals surface area contributed by atoms with Gasteiger partial charge in [0.1, 0.15) is 18.4 Å². The lowest BCUT2D eigenvalue weighted by Crippen LogP contribution is -2.31. The number of benzene rings is 3. The Balaban J connectivity index is 1.64. The zero-order valence-electron chi connectivity index (χ0n) is 20.6. The van der Waals surface area contributed by atoms with Crippen molar-refractivity contribution in [3.8, 4) is 28.1 Å². The summed E-state index contributed by atoms with van der Waals surface area (Å²) in [6.45, 7) is -0.130. The van der Waals surface area contributed by atoms with Crippen molar-refractivity contribution in [3.63, 3.8) is 0 Å². The molecule has 3 heterocycles. The molecule has 0 N–H and O–H groups in total. The van der Waals surface area contributed by atoms with E-state index >= 15 is 0 Å². The Bertz CT molecular complexity index is 1580. The van der Waals surface area contributed by atoms with E-state index in [4.69, 9.17) is 9.10 Å². The first kappa shape index (κ1) is 15.1. The molecule has 0 radical (unpaired) electrons. The molecule has 3 aromatic carbocycles. The molecule has 31 heavy (non-hydrogen) atoms. The molecular weight excluding hydrogens is 378 g/mol. The zero-order chi connectivity index (χ0) is 23.6. The van der Waals surface area contributed by atoms with Crippen LogP contribution in [0.15, 0.2) is 79.0 Å². The summed E-state index contributed by atoms with van der Waals surface area (Å²) in [7, 11) is 1.91. The van der Waals surface area contributed by atoms with Gasteiger partial charge in [0.2, 0.25) is 5.69 Å². The summed E-state index contributed by atoms with van der Waals surface area (Å²) in [5, 5.41) is 0. The monoisotopic (exact) mass is 405 g/mol. The van der Waals surface area contributed by atoms with E-state index in [1.54, 1.807) is 6.20 Å². The highest BCUT2D eigenvalue weighted by molar-refractivity contribution is 5.95. The van der Waals surface area contributed by atoms with Crippen molar-refractivity contribution in [3.05, 3.63) is 102 Å². The first-order chi connectivity index (χ1) is 16.3. The number of fused-ring (bicyclic) bond motifs is 5. The van der Waals surface area contributed by atoms with E-state index in [0.717, 1.165) is 51.2 Å². The number of aromatic nitrogens is 3. The van der Waals surface area contributed by atoms with Crippen LogP contribution in [0.5, 0.6) is 0 Å². The van der Waals surface area contributed by atoms with Crippen molar-refractivity contribution in [2.75, 3.05) is 0 Å². The summed E-state index contributed by atoms with van der Waals surface area (Å²) in [5.74, 6) is 1.04. The number of hydrogen-bond acceptors (Lipinski definition) is 1. The molecule has 1 aliphatic rings. The third kappa shape index (κ3) is 2.66. The van der Waals surface area contributed by atoms with Crippen LogP contribution < -0.4 is 4.57 Å². The van der Waals surface area contributed by atoms with Crippen LogP contribution in [0.1, 0.15) is 26.6 Å². The van der Waals surface area contributed by atoms with Crippen molar-refractivity contribution in [1.29, 1.82) is 0 Å². The van der Waals surface area contributed by atoms with E-state index in [-0.39, 0.29) is 0 Å². The highest BCUT2D eigenvalue weighted by Gasteiger charge is 2.27. The van der Waals surface area contributed by atoms with Crippen molar-refractivity contribution < 1.29 is 8.68 Å². The molecule has 6 rings (SSSR count). The molecule has 3 heteroatoms. The van der Waals surface area contributed by atoms with Crippen LogP contribution in [-0.4, -0.2) is 9.55 Å². The summed E-state index contributed by atoms with van der Waals surface area (Å²) in [5.41, 5.74) is 9.53. The van der Waals surface area contributed by atoms with Gasteiger partial charge in [0.25, 0.3) is 0 Å². The van der Waals surface area contributed by atoms with Crippen molar-refractivity contribution >= 4 is 11.0 Å². The van der Waals surface area contributed by atoms with Crippen LogP contribution in [0.2, 0.25) is 0 Å². The van der Waals surface area contributed by atoms with Gasteiger partial charge < -0.3 is 0 Å². The maximum absolute atomic E-state index is 8.15. The Labute approximate surface area is 186 Å². The van der Waals surface area contributed by atoms with Crippen LogP contribution in [-0.2, 0) is 13.5 Å². The average Bonchev–Trinajstić information content (AvgIpc) is 3.35. The lowest BCUT2D eigenvalue weighted by atomic mass is 9.96. The predicted molar refractivity (Wildman–Crippen MR) is 125 cm³/mol. The van der Waals surface area contributed by atoms with E-state index in [2.05, 4.69) is 47.9 Å². The second kappa shape index (κ2) is 6.64. The molecule has 2 aromatic heterocycles. The Morgan fingerprint density at radius 1 is 0.968 bits per heavy atom. The average molecular weight is 406 g/mol. The maximum atomic E-state index is 8.15. The fourth-order valence-corrected chi connectivity index (χ4v) is 4.81. The zero-order valence-corrected chi connectivity index (χ0v) is 17.6. The topological polar surface area (TPSA) is 21.7 Å². The van der Waals surface area contributed by atoms with Gasteiger partial charge in [-0.1, -0.05) is 54.6 Å². The smallest absolute Gasteiger partial charge is 0.215 e. The van der Waals surface area contributed by atoms with Gasteiger partial charge in [-0.05, 0) is 48.2 Å². The SMILES string of the molecule is [2H]C([2H])([2H])c1c[n+](C)c(-c2c(C)ccc3c2nc2n3-c3ccccc3C2)cc1-c1ccccc1. The minimum Gasteiger partial charge on any atom is -0.296 e. The number of rotatable bonds is 2. The number of para-hydroxylation sites is 1. The highest BCUT2D eigenvalue weighted by Crippen LogP contribution is 2.37. The number of imidazole rings is 1. The van der Waals surface area contributed by atoms with Gasteiger partial charge in [-0.2, -0.15) is 0 Å². The Kier molecular flexibility index (Phi) is 3.24. The first-order valence-corrected chi connectivity index (χ1v) is 10.5. The van der Waals surface area contributed by atoms with Crippen LogP contribution in [0.3, 0.4) is 0 Å². The fraction of sp³-hybridized carbons (Fsp3) is 0.143. The van der Waals surface area contributed by atoms with Gasteiger partial charge in [-0.15, -0.1) is 0 Å². The maximum Gasteiger partial charge on any atom is 0.215 e. The van der Waals surface area contributed by atoms with Gasteiger partial charge >= 0.3 is 0 Å². The number of pyridine rings is 1. The molecule has 1 aliphatic heterocycles. The molecule has 0 saturated heterocycles. The van der Waals surface area contributed by atoms with Crippen LogP contribution in [0.4, 0.5) is 0 Å². The second-order valence-corrected chi connectivity index (χ2v) is 8.26. The number of nitrogens with zero attached hydrogens (tertiary/aromatic N) is 3. The Morgan fingerprint density at radius 3 is 2.61 bits per heavy atom. The van der Waals surface area contributed by atoms with Gasteiger partial charge in [-0.25, -0.2) is 9.55 Å². The summed E-state index contributed by atoms with van der Waals surface area (Å²) in [4.78, 5) is 5.10. The molecule has 150 valence electrons. The lowest BCUT2D eigenvalue weighted by molar-refractivity contribution is -0.660. The molecule has 0 aliphatic carbocycles. The molecular formula is C28H24N3+. The summed E-state index contributed by atoms with van der Waals surface area (Å²) < 4.78 is 28.6. The van der Waals surface area contributed by atoms with Gasteiger partial charge in [-0.3, -0.25) is 4.57 Å². The van der Waals surface area contributed by atoms with E-state index in [1.165, 1.54) is 11.3 Å². The molecule has 3 nitrogen and oxygen atoms in total. The highest BCUT2D eigenvalue weighted by atomic mass is 15.1. The number of hydrogen-bond donors (Lipinski definition) is 0. The summed E-state index contributed by atoms with van der Waals surface area (Å²) >= 11 is 0. The standard InChI is InChI=1S/C28H24N3/c1-18-13-14-24-28(29-26-15-21-11-7-8-12-23(21)31(24)26)27(18)25-16-22(19(2)17-30(25)3)20-9-5-4-6-10-20/h4-14,16-17H,15H2,1-3H3/q+1/i2D3. The Morgan fingerprint density at radius 2 is 1.77 bits per heavy atom. The minimum atomic E-state index is -2.22. The molecule has 0 amide bonds. The molecule has 0 spiro atoms. The third-order valence-electron chi connectivity index (χ3n) is 6.30. The van der Waals surface area contributed by atoms with Crippen LogP contribution in [0, 0.1) is 13.8 Å². The second-order valence-electron chi connectivity index (χ2n) is 8.26. The van der Waals surface area contributed by atoms with Gasteiger partial charge in [0, 0.05) is 22.2 Å². The number of aryl methyl sites for hydroxylation is 3. The van der Waals surface area contributed by atoms with E-state index in [1.807, 2.05) is 48.0 Å². The molecule has 0 fully saturated rings. The first-order valence-electron chi connectivity index (χ1n) is 12.0. The van der Waals surface area contributed by atoms with Crippen LogP contribution >= 0.6 is 0 Å². The minimum absolute atomic E-state index is 0.344. The van der Waals surface area contributed by atoms with Crippen molar-refractivity contribution in [2.24, 2.45) is 7.05 Å². The summed E-state index contributed by atoms with van der Waals surface area (Å²) in [6.07, 6.45) is 2.56. The molecule has 0 atom stereocenters. The van der Waals surface area contributed by atoms with Crippen LogP contribution in [0.25, 0.3) is 39.1 Å². The fourth-order valence-electron chi connectivity index (χ4n) is 4.81. The Hall–Kier alpha value is -3.72. The van der Waals surface area contributed by atoms with Gasteiger partial charge in [0.15, 0.2) is 6.20 Å². The van der Waals surface area contributed by atoms with E-state index in [0.29, 0.717) is 5.56 Å². The van der Waals surface area contributed by atoms with Gasteiger partial charge in [0.05, 0.1) is 16.8 Å². The van der Waals surface area contributed by atoms with E-state index < -0.39 is 6.85 Å². The molecule has 0 saturated carbocycles. The molecule has 0 bridgehead atoms. The van der Waals surface area contributed by atoms with Crippen molar-refractivity contribution in [1.82, 2.24) is 9.55 Å². The van der Waals surface area contributed by atoms with E-state index in [9.17, 15) is 0 Å². The van der Waals surface area contributed by atoms with Crippen molar-refractivity contribution in [2.45, 2.75) is 20.2 Å². The summed E-state index contributed by atoms with van der Waals surface area (Å²) in [6, 6.07) is 24.5. The molecule has 5 aromatic rings. The third-order valence-corrected chi connectivity index (χ3v) is 6.30.